The van der Waals surface area contributed by atoms with E-state index in [-0.39, 0.29) is 23.6 Å². The molecule has 0 spiro atoms. The number of rotatable bonds is 4. The number of carbonyl (C=O) groups excluding carboxylic acids is 1. The van der Waals surface area contributed by atoms with Crippen LogP contribution in [0.4, 0.5) is 0 Å². The molecule has 6 heteroatoms. The molecule has 1 atom stereocenters. The zero-order valence-corrected chi connectivity index (χ0v) is 14.5. The third-order valence-corrected chi connectivity index (χ3v) is 4.07. The van der Waals surface area contributed by atoms with Gasteiger partial charge in [-0.2, -0.15) is 5.26 Å². The van der Waals surface area contributed by atoms with Gasteiger partial charge in [0.05, 0.1) is 18.1 Å². The van der Waals surface area contributed by atoms with Gasteiger partial charge in [0.2, 0.25) is 5.88 Å². The van der Waals surface area contributed by atoms with Crippen LogP contribution in [0.2, 0.25) is 0 Å². The second-order valence-corrected chi connectivity index (χ2v) is 5.68. The van der Waals surface area contributed by atoms with Crippen LogP contribution in [0, 0.1) is 11.3 Å². The lowest BCUT2D eigenvalue weighted by molar-refractivity contribution is -0.139. The number of nitrogens with two attached hydrogens (primary N) is 1. The number of ether oxygens (including phenoxy) is 2. The maximum absolute atomic E-state index is 12.5. The molecule has 1 aromatic heterocycles. The van der Waals surface area contributed by atoms with Gasteiger partial charge in [-0.3, -0.25) is 0 Å². The maximum Gasteiger partial charge on any atom is 0.338 e. The molecule has 1 aromatic carbocycles. The third-order valence-electron chi connectivity index (χ3n) is 4.07. The Morgan fingerprint density at radius 1 is 1.27 bits per heavy atom. The Labute approximate surface area is 151 Å². The molecule has 0 bridgehead atoms. The van der Waals surface area contributed by atoms with E-state index in [4.69, 9.17) is 19.6 Å². The average Bonchev–Trinajstić information content (AvgIpc) is 3.12. The first-order valence-corrected chi connectivity index (χ1v) is 8.17. The highest BCUT2D eigenvalue weighted by atomic mass is 16.5. The highest BCUT2D eigenvalue weighted by molar-refractivity contribution is 5.92. The Morgan fingerprint density at radius 2 is 2.00 bits per heavy atom. The van der Waals surface area contributed by atoms with Crippen LogP contribution >= 0.6 is 0 Å². The monoisotopic (exact) mass is 350 g/mol. The van der Waals surface area contributed by atoms with E-state index in [0.29, 0.717) is 17.3 Å². The van der Waals surface area contributed by atoms with Gasteiger partial charge in [-0.15, -0.1) is 0 Å². The van der Waals surface area contributed by atoms with Crippen LogP contribution in [0.1, 0.15) is 25.5 Å². The lowest BCUT2D eigenvalue weighted by Gasteiger charge is -2.25. The van der Waals surface area contributed by atoms with Crippen molar-refractivity contribution in [3.63, 3.8) is 0 Å². The third kappa shape index (κ3) is 3.07. The van der Waals surface area contributed by atoms with Gasteiger partial charge in [0, 0.05) is 5.56 Å². The predicted molar refractivity (Wildman–Crippen MR) is 94.1 cm³/mol. The molecule has 2 heterocycles. The minimum absolute atomic E-state index is 0.0410. The van der Waals surface area contributed by atoms with Gasteiger partial charge in [0.1, 0.15) is 28.9 Å². The fraction of sp³-hybridized carbons (Fsp3) is 0.200. The average molecular weight is 350 g/mol. The smallest absolute Gasteiger partial charge is 0.338 e. The largest absolute Gasteiger partial charge is 0.463 e. The summed E-state index contributed by atoms with van der Waals surface area (Å²) in [6.45, 7) is 3.53. The van der Waals surface area contributed by atoms with Crippen molar-refractivity contribution in [1.82, 2.24) is 0 Å². The van der Waals surface area contributed by atoms with E-state index in [1.165, 1.54) is 0 Å². The van der Waals surface area contributed by atoms with Gasteiger partial charge in [-0.05, 0) is 26.0 Å². The fourth-order valence-corrected chi connectivity index (χ4v) is 2.90. The molecule has 1 aliphatic heterocycles. The predicted octanol–water partition coefficient (Wildman–Crippen LogP) is 3.59. The van der Waals surface area contributed by atoms with Crippen LogP contribution in [0.5, 0.6) is 0 Å². The van der Waals surface area contributed by atoms with Crippen LogP contribution in [-0.4, -0.2) is 12.6 Å². The Bertz CT molecular complexity index is 932. The molecular weight excluding hydrogens is 332 g/mol. The summed E-state index contributed by atoms with van der Waals surface area (Å²) in [6, 6.07) is 15.1. The highest BCUT2D eigenvalue weighted by Gasteiger charge is 2.38. The number of nitrogens with zero attached hydrogens (tertiary/aromatic N) is 1. The van der Waals surface area contributed by atoms with Crippen molar-refractivity contribution in [2.24, 2.45) is 5.73 Å². The van der Waals surface area contributed by atoms with Gasteiger partial charge in [0.15, 0.2) is 0 Å². The Kier molecular flexibility index (Phi) is 4.81. The molecule has 1 aliphatic rings. The summed E-state index contributed by atoms with van der Waals surface area (Å²) >= 11 is 0. The van der Waals surface area contributed by atoms with E-state index in [1.807, 2.05) is 36.4 Å². The molecule has 0 radical (unpaired) electrons. The van der Waals surface area contributed by atoms with Crippen molar-refractivity contribution < 1.29 is 18.7 Å². The summed E-state index contributed by atoms with van der Waals surface area (Å²) in [5, 5.41) is 9.55. The van der Waals surface area contributed by atoms with E-state index >= 15 is 0 Å². The summed E-state index contributed by atoms with van der Waals surface area (Å²) in [6.07, 6.45) is 0. The molecular formula is C20H18N2O4. The Balaban J connectivity index is 2.09. The first-order chi connectivity index (χ1) is 12.6. The number of furan rings is 1. The molecule has 26 heavy (non-hydrogen) atoms. The van der Waals surface area contributed by atoms with Crippen LogP contribution in [0.15, 0.2) is 69.7 Å². The first kappa shape index (κ1) is 17.4. The van der Waals surface area contributed by atoms with Crippen LogP contribution in [-0.2, 0) is 14.3 Å². The number of hydrogen-bond donors (Lipinski definition) is 1. The molecule has 3 rings (SSSR count). The molecule has 0 aliphatic carbocycles. The number of carbonyl (C=O) groups is 1. The summed E-state index contributed by atoms with van der Waals surface area (Å²) in [5.74, 6) is -0.0284. The normalized spacial score (nSPS) is 16.9. The first-order valence-electron chi connectivity index (χ1n) is 8.17. The van der Waals surface area contributed by atoms with E-state index in [9.17, 15) is 10.1 Å². The van der Waals surface area contributed by atoms with Crippen molar-refractivity contribution >= 4 is 5.97 Å². The van der Waals surface area contributed by atoms with E-state index in [0.717, 1.165) is 5.56 Å². The van der Waals surface area contributed by atoms with Crippen LogP contribution < -0.4 is 5.73 Å². The summed E-state index contributed by atoms with van der Waals surface area (Å²) in [4.78, 5) is 12.5. The molecule has 0 saturated carbocycles. The number of hydrogen-bond acceptors (Lipinski definition) is 6. The Hall–Kier alpha value is -3.46. The molecule has 0 fully saturated rings. The van der Waals surface area contributed by atoms with Crippen LogP contribution in [0.3, 0.4) is 0 Å². The zero-order chi connectivity index (χ0) is 18.7. The molecule has 1 unspecified atom stereocenters. The van der Waals surface area contributed by atoms with Crippen molar-refractivity contribution in [3.8, 4) is 17.4 Å². The van der Waals surface area contributed by atoms with Gasteiger partial charge in [-0.1, -0.05) is 30.3 Å². The van der Waals surface area contributed by atoms with E-state index in [1.54, 1.807) is 26.0 Å². The minimum Gasteiger partial charge on any atom is -0.463 e. The second-order valence-electron chi connectivity index (χ2n) is 5.68. The number of esters is 1. The topological polar surface area (TPSA) is 98.5 Å². The molecule has 0 amide bonds. The van der Waals surface area contributed by atoms with Gasteiger partial charge >= 0.3 is 5.97 Å². The molecule has 6 nitrogen and oxygen atoms in total. The van der Waals surface area contributed by atoms with Gasteiger partial charge in [0.25, 0.3) is 0 Å². The number of nitriles is 1. The maximum atomic E-state index is 12.5. The van der Waals surface area contributed by atoms with Crippen molar-refractivity contribution in [3.05, 3.63) is 71.0 Å². The van der Waals surface area contributed by atoms with Crippen molar-refractivity contribution in [1.29, 1.82) is 5.26 Å². The molecule has 0 saturated heterocycles. The standard InChI is InChI=1S/C20H18N2O4/c1-3-24-20(23)17-12(2)25-19(22)14(11-21)18(17)16-10-9-15(26-16)13-7-5-4-6-8-13/h4-10,18H,3,22H2,1-2H3. The van der Waals surface area contributed by atoms with E-state index in [2.05, 4.69) is 0 Å². The number of benzene rings is 1. The Morgan fingerprint density at radius 3 is 2.65 bits per heavy atom. The van der Waals surface area contributed by atoms with Crippen molar-refractivity contribution in [2.45, 2.75) is 19.8 Å². The fourth-order valence-electron chi connectivity index (χ4n) is 2.90. The quantitative estimate of drug-likeness (QED) is 0.846. The van der Waals surface area contributed by atoms with Crippen molar-refractivity contribution in [2.75, 3.05) is 6.61 Å². The highest BCUT2D eigenvalue weighted by Crippen LogP contribution is 2.41. The number of allylic oxidation sites excluding steroid dienone is 2. The lowest BCUT2D eigenvalue weighted by Crippen LogP contribution is -2.25. The molecule has 132 valence electrons. The molecule has 2 aromatic rings. The summed E-state index contributed by atoms with van der Waals surface area (Å²) in [5.41, 5.74) is 7.09. The van der Waals surface area contributed by atoms with Crippen LogP contribution in [0.25, 0.3) is 11.3 Å². The van der Waals surface area contributed by atoms with E-state index < -0.39 is 11.9 Å². The van der Waals surface area contributed by atoms with Gasteiger partial charge < -0.3 is 19.6 Å². The zero-order valence-electron chi connectivity index (χ0n) is 14.5. The second kappa shape index (κ2) is 7.19. The minimum atomic E-state index is -0.773. The summed E-state index contributed by atoms with van der Waals surface area (Å²) in [7, 11) is 0. The lowest BCUT2D eigenvalue weighted by atomic mass is 9.87. The summed E-state index contributed by atoms with van der Waals surface area (Å²) < 4.78 is 16.5. The van der Waals surface area contributed by atoms with Gasteiger partial charge in [-0.25, -0.2) is 4.79 Å². The SMILES string of the molecule is CCOC(=O)C1=C(C)OC(N)=C(C#N)C1c1ccc(-c2ccccc2)o1. The molecule has 2 N–H and O–H groups in total.